The molecule has 2 aromatic heterocycles. The molecule has 9 heteroatoms. The predicted molar refractivity (Wildman–Crippen MR) is 77.8 cm³/mol. The van der Waals surface area contributed by atoms with Crippen LogP contribution in [0.2, 0.25) is 0 Å². The van der Waals surface area contributed by atoms with Crippen molar-refractivity contribution in [3.8, 4) is 0 Å². The standard InChI is InChI=1S/C11H7BrN4O3S/c12-6-3-7(20-5-6)4-13-8-1-2-9(16(17)18)11-10(8)14-19-15-11/h1-3,5,13H,4H2. The molecule has 0 aliphatic carbocycles. The van der Waals surface area contributed by atoms with Crippen LogP contribution in [-0.2, 0) is 6.54 Å². The third-order valence-electron chi connectivity index (χ3n) is 2.67. The number of nitrogens with zero attached hydrogens (tertiary/aromatic N) is 3. The Morgan fingerprint density at radius 3 is 2.90 bits per heavy atom. The van der Waals surface area contributed by atoms with Gasteiger partial charge in [0.2, 0.25) is 5.52 Å². The van der Waals surface area contributed by atoms with E-state index >= 15 is 0 Å². The third-order valence-corrected chi connectivity index (χ3v) is 4.36. The lowest BCUT2D eigenvalue weighted by atomic mass is 10.2. The monoisotopic (exact) mass is 354 g/mol. The Morgan fingerprint density at radius 2 is 2.20 bits per heavy atom. The Morgan fingerprint density at radius 1 is 1.40 bits per heavy atom. The molecule has 0 unspecified atom stereocenters. The first kappa shape index (κ1) is 13.0. The van der Waals surface area contributed by atoms with Crippen molar-refractivity contribution in [1.29, 1.82) is 0 Å². The maximum atomic E-state index is 10.9. The quantitative estimate of drug-likeness (QED) is 0.568. The zero-order chi connectivity index (χ0) is 14.1. The molecule has 0 aliphatic rings. The lowest BCUT2D eigenvalue weighted by Crippen LogP contribution is -1.99. The van der Waals surface area contributed by atoms with Crippen LogP contribution in [0.3, 0.4) is 0 Å². The summed E-state index contributed by atoms with van der Waals surface area (Å²) >= 11 is 4.99. The Balaban J connectivity index is 1.90. The zero-order valence-corrected chi connectivity index (χ0v) is 12.3. The summed E-state index contributed by atoms with van der Waals surface area (Å²) in [5.74, 6) is 0. The number of hydrogen-bond donors (Lipinski definition) is 1. The van der Waals surface area contributed by atoms with Gasteiger partial charge < -0.3 is 5.32 Å². The summed E-state index contributed by atoms with van der Waals surface area (Å²) in [4.78, 5) is 11.5. The minimum Gasteiger partial charge on any atom is -0.378 e. The molecule has 3 aromatic rings. The van der Waals surface area contributed by atoms with E-state index in [2.05, 4.69) is 36.2 Å². The van der Waals surface area contributed by atoms with Gasteiger partial charge in [-0.3, -0.25) is 10.1 Å². The average molecular weight is 355 g/mol. The van der Waals surface area contributed by atoms with E-state index in [1.54, 1.807) is 17.4 Å². The number of non-ortho nitro benzene ring substituents is 1. The first-order valence-electron chi connectivity index (χ1n) is 5.51. The first-order valence-corrected chi connectivity index (χ1v) is 7.19. The fourth-order valence-corrected chi connectivity index (χ4v) is 3.16. The van der Waals surface area contributed by atoms with E-state index in [1.165, 1.54) is 6.07 Å². The number of aromatic nitrogens is 2. The van der Waals surface area contributed by atoms with Crippen molar-refractivity contribution in [3.05, 3.63) is 43.0 Å². The van der Waals surface area contributed by atoms with E-state index in [0.29, 0.717) is 17.7 Å². The van der Waals surface area contributed by atoms with Crippen LogP contribution in [0.1, 0.15) is 4.88 Å². The van der Waals surface area contributed by atoms with Gasteiger partial charge in [-0.2, -0.15) is 0 Å². The van der Waals surface area contributed by atoms with E-state index in [4.69, 9.17) is 0 Å². The fourth-order valence-electron chi connectivity index (χ4n) is 1.77. The van der Waals surface area contributed by atoms with Crippen LogP contribution in [0.4, 0.5) is 11.4 Å². The summed E-state index contributed by atoms with van der Waals surface area (Å²) < 4.78 is 5.63. The number of nitro groups is 1. The first-order chi connectivity index (χ1) is 9.65. The average Bonchev–Trinajstić information content (AvgIpc) is 3.04. The number of nitro benzene ring substituents is 1. The van der Waals surface area contributed by atoms with Gasteiger partial charge in [-0.05, 0) is 38.4 Å². The molecule has 0 bridgehead atoms. The number of anilines is 1. The maximum absolute atomic E-state index is 10.9. The normalized spacial score (nSPS) is 10.8. The van der Waals surface area contributed by atoms with Crippen molar-refractivity contribution in [2.24, 2.45) is 0 Å². The molecule has 0 aliphatic heterocycles. The highest BCUT2D eigenvalue weighted by atomic mass is 79.9. The molecular formula is C11H7BrN4O3S. The second-order valence-electron chi connectivity index (χ2n) is 3.94. The molecule has 102 valence electrons. The van der Waals surface area contributed by atoms with Crippen LogP contribution in [0.25, 0.3) is 11.0 Å². The molecule has 0 amide bonds. The molecule has 0 atom stereocenters. The SMILES string of the molecule is O=[N+]([O-])c1ccc(NCc2cc(Br)cs2)c2nonc12. The number of halogens is 1. The van der Waals surface area contributed by atoms with Crippen LogP contribution in [0.5, 0.6) is 0 Å². The van der Waals surface area contributed by atoms with Crippen LogP contribution < -0.4 is 5.32 Å². The summed E-state index contributed by atoms with van der Waals surface area (Å²) in [5, 5.41) is 23.3. The van der Waals surface area contributed by atoms with Crippen molar-refractivity contribution >= 4 is 49.7 Å². The Hall–Kier alpha value is -2.00. The van der Waals surface area contributed by atoms with E-state index in [0.717, 1.165) is 9.35 Å². The smallest absolute Gasteiger partial charge is 0.300 e. The molecular weight excluding hydrogens is 348 g/mol. The molecule has 0 saturated heterocycles. The molecule has 20 heavy (non-hydrogen) atoms. The summed E-state index contributed by atoms with van der Waals surface area (Å²) in [6, 6.07) is 4.99. The van der Waals surface area contributed by atoms with Crippen molar-refractivity contribution in [3.63, 3.8) is 0 Å². The van der Waals surface area contributed by atoms with E-state index in [1.807, 2.05) is 11.4 Å². The highest BCUT2D eigenvalue weighted by molar-refractivity contribution is 9.10. The van der Waals surface area contributed by atoms with E-state index in [-0.39, 0.29) is 11.2 Å². The van der Waals surface area contributed by atoms with Gasteiger partial charge in [-0.25, -0.2) is 4.63 Å². The van der Waals surface area contributed by atoms with Crippen molar-refractivity contribution in [2.75, 3.05) is 5.32 Å². The summed E-state index contributed by atoms with van der Waals surface area (Å²) in [6.07, 6.45) is 0. The van der Waals surface area contributed by atoms with Gasteiger partial charge in [-0.15, -0.1) is 11.3 Å². The second kappa shape index (κ2) is 5.17. The van der Waals surface area contributed by atoms with Gasteiger partial charge in [0.15, 0.2) is 5.52 Å². The minimum absolute atomic E-state index is 0.120. The molecule has 3 rings (SSSR count). The van der Waals surface area contributed by atoms with Gasteiger partial charge in [-0.1, -0.05) is 0 Å². The van der Waals surface area contributed by atoms with Crippen LogP contribution in [0, 0.1) is 10.1 Å². The van der Waals surface area contributed by atoms with Crippen LogP contribution in [0.15, 0.2) is 32.7 Å². The van der Waals surface area contributed by atoms with Crippen molar-refractivity contribution in [1.82, 2.24) is 10.3 Å². The lowest BCUT2D eigenvalue weighted by Gasteiger charge is -2.04. The lowest BCUT2D eigenvalue weighted by molar-refractivity contribution is -0.383. The van der Waals surface area contributed by atoms with Crippen LogP contribution in [-0.4, -0.2) is 15.2 Å². The number of benzene rings is 1. The predicted octanol–water partition coefficient (Wildman–Crippen LogP) is 3.57. The zero-order valence-electron chi connectivity index (χ0n) is 9.87. The van der Waals surface area contributed by atoms with Gasteiger partial charge in [0.1, 0.15) is 0 Å². The molecule has 0 radical (unpaired) electrons. The molecule has 1 aromatic carbocycles. The fraction of sp³-hybridized carbons (Fsp3) is 0.0909. The molecule has 7 nitrogen and oxygen atoms in total. The van der Waals surface area contributed by atoms with Gasteiger partial charge in [0, 0.05) is 27.3 Å². The van der Waals surface area contributed by atoms with Gasteiger partial charge in [0.25, 0.3) is 0 Å². The molecule has 2 heterocycles. The maximum Gasteiger partial charge on any atom is 0.300 e. The minimum atomic E-state index is -0.507. The molecule has 0 fully saturated rings. The number of nitrogens with one attached hydrogen (secondary N) is 1. The van der Waals surface area contributed by atoms with E-state index < -0.39 is 4.92 Å². The van der Waals surface area contributed by atoms with Gasteiger partial charge in [0.05, 0.1) is 10.6 Å². The summed E-state index contributed by atoms with van der Waals surface area (Å²) in [7, 11) is 0. The molecule has 0 saturated carbocycles. The second-order valence-corrected chi connectivity index (χ2v) is 5.85. The third kappa shape index (κ3) is 2.37. The summed E-state index contributed by atoms with van der Waals surface area (Å²) in [6.45, 7) is 0.593. The van der Waals surface area contributed by atoms with Crippen molar-refractivity contribution in [2.45, 2.75) is 6.54 Å². The Labute approximate surface area is 124 Å². The Bertz CT molecular complexity index is 785. The molecule has 0 spiro atoms. The highest BCUT2D eigenvalue weighted by Crippen LogP contribution is 2.29. The summed E-state index contributed by atoms with van der Waals surface area (Å²) in [5.41, 5.74) is 1.03. The Kier molecular flexibility index (Phi) is 3.36. The van der Waals surface area contributed by atoms with Gasteiger partial charge >= 0.3 is 5.69 Å². The number of thiophene rings is 1. The molecule has 1 N–H and O–H groups in total. The van der Waals surface area contributed by atoms with Crippen LogP contribution >= 0.6 is 27.3 Å². The largest absolute Gasteiger partial charge is 0.378 e. The number of hydrogen-bond acceptors (Lipinski definition) is 7. The van der Waals surface area contributed by atoms with E-state index in [9.17, 15) is 10.1 Å². The van der Waals surface area contributed by atoms with Crippen molar-refractivity contribution < 1.29 is 9.55 Å². The highest BCUT2D eigenvalue weighted by Gasteiger charge is 2.19. The topological polar surface area (TPSA) is 94.1 Å². The number of rotatable bonds is 4. The number of fused-ring (bicyclic) bond motifs is 1.